The van der Waals surface area contributed by atoms with Gasteiger partial charge in [-0.15, -0.1) is 0 Å². The zero-order valence-corrected chi connectivity index (χ0v) is 11.6. The molecule has 0 amide bonds. The van der Waals surface area contributed by atoms with Gasteiger partial charge in [0.2, 0.25) is 0 Å². The largest absolute Gasteiger partial charge is 0.455 e. The summed E-state index contributed by atoms with van der Waals surface area (Å²) in [5.41, 5.74) is -0.512. The summed E-state index contributed by atoms with van der Waals surface area (Å²) < 4.78 is 37.7. The maximum atomic E-state index is 12.6. The Hall–Kier alpha value is -1.31. The highest BCUT2D eigenvalue weighted by Crippen LogP contribution is 2.28. The second kappa shape index (κ2) is 5.99. The molecule has 1 aliphatic carbocycles. The predicted molar refractivity (Wildman–Crippen MR) is 70.1 cm³/mol. The molecule has 0 unspecified atom stereocenters. The number of ketones is 1. The van der Waals surface area contributed by atoms with E-state index in [4.69, 9.17) is 0 Å². The van der Waals surface area contributed by atoms with E-state index in [0.717, 1.165) is 31.9 Å². The highest BCUT2D eigenvalue weighted by molar-refractivity contribution is 7.98. The summed E-state index contributed by atoms with van der Waals surface area (Å²) >= 11 is 1.21. The third-order valence-electron chi connectivity index (χ3n) is 3.15. The maximum absolute atomic E-state index is 12.6. The lowest BCUT2D eigenvalue weighted by molar-refractivity contribution is -0.0885. The maximum Gasteiger partial charge on any atom is 0.455 e. The molecular formula is C12H14F3N3OS. The lowest BCUT2D eigenvalue weighted by atomic mass is 10.1. The molecule has 0 atom stereocenters. The minimum Gasteiger partial charge on any atom is -0.367 e. The lowest BCUT2D eigenvalue weighted by Crippen LogP contribution is -2.26. The van der Waals surface area contributed by atoms with Crippen molar-refractivity contribution in [1.29, 1.82) is 0 Å². The second-order valence-corrected chi connectivity index (χ2v) is 5.34. The van der Waals surface area contributed by atoms with Crippen LogP contribution in [0.5, 0.6) is 0 Å². The van der Waals surface area contributed by atoms with Crippen molar-refractivity contribution in [2.45, 2.75) is 43.1 Å². The third-order valence-corrected chi connectivity index (χ3v) is 3.71. The van der Waals surface area contributed by atoms with Crippen LogP contribution in [0.1, 0.15) is 36.0 Å². The van der Waals surface area contributed by atoms with Crippen LogP contribution in [0.4, 0.5) is 19.0 Å². The molecule has 1 aliphatic rings. The monoisotopic (exact) mass is 305 g/mol. The van der Waals surface area contributed by atoms with E-state index in [9.17, 15) is 18.0 Å². The third kappa shape index (κ3) is 3.41. The van der Waals surface area contributed by atoms with Crippen LogP contribution in [-0.2, 0) is 0 Å². The fraction of sp³-hybridized carbons (Fsp3) is 0.583. The van der Waals surface area contributed by atoms with Gasteiger partial charge in [-0.05, 0) is 19.1 Å². The number of carbonyl (C=O) groups is 1. The van der Waals surface area contributed by atoms with E-state index in [2.05, 4.69) is 15.3 Å². The van der Waals surface area contributed by atoms with Crippen molar-refractivity contribution in [2.75, 3.05) is 11.6 Å². The van der Waals surface area contributed by atoms with E-state index >= 15 is 0 Å². The number of aromatic nitrogens is 2. The molecule has 0 bridgehead atoms. The first kappa shape index (κ1) is 15.1. The van der Waals surface area contributed by atoms with Gasteiger partial charge in [0.25, 0.3) is 5.78 Å². The number of carbonyl (C=O) groups excluding carboxylic acids is 1. The smallest absolute Gasteiger partial charge is 0.367 e. The van der Waals surface area contributed by atoms with Crippen molar-refractivity contribution in [2.24, 2.45) is 0 Å². The van der Waals surface area contributed by atoms with Crippen LogP contribution < -0.4 is 5.32 Å². The zero-order valence-electron chi connectivity index (χ0n) is 10.8. The van der Waals surface area contributed by atoms with Gasteiger partial charge in [-0.3, -0.25) is 4.79 Å². The number of thioether (sulfide) groups is 1. The van der Waals surface area contributed by atoms with Crippen molar-refractivity contribution in [3.05, 3.63) is 11.8 Å². The van der Waals surface area contributed by atoms with Crippen LogP contribution in [0.15, 0.2) is 11.4 Å². The summed E-state index contributed by atoms with van der Waals surface area (Å²) in [6.45, 7) is 0. The Labute approximate surface area is 118 Å². The van der Waals surface area contributed by atoms with Gasteiger partial charge in [0.05, 0.1) is 5.56 Å². The van der Waals surface area contributed by atoms with E-state index in [1.54, 1.807) is 6.26 Å². The average Bonchev–Trinajstić information content (AvgIpc) is 2.89. The molecule has 0 spiro atoms. The second-order valence-electron chi connectivity index (χ2n) is 4.57. The predicted octanol–water partition coefficient (Wildman–Crippen LogP) is 3.30. The van der Waals surface area contributed by atoms with Gasteiger partial charge in [-0.1, -0.05) is 24.6 Å². The van der Waals surface area contributed by atoms with E-state index in [1.165, 1.54) is 11.8 Å². The Balaban J connectivity index is 2.32. The van der Waals surface area contributed by atoms with Crippen molar-refractivity contribution in [3.63, 3.8) is 0 Å². The number of nitrogens with zero attached hydrogens (tertiary/aromatic N) is 2. The molecule has 0 aliphatic heterocycles. The summed E-state index contributed by atoms with van der Waals surface area (Å²) in [4.78, 5) is 19.2. The van der Waals surface area contributed by atoms with Crippen LogP contribution in [0.25, 0.3) is 0 Å². The minimum atomic E-state index is -4.92. The summed E-state index contributed by atoms with van der Waals surface area (Å²) in [6, 6.07) is 0.0689. The van der Waals surface area contributed by atoms with Crippen molar-refractivity contribution < 1.29 is 18.0 Å². The molecule has 2 rings (SSSR count). The van der Waals surface area contributed by atoms with Gasteiger partial charge in [-0.2, -0.15) is 13.2 Å². The van der Waals surface area contributed by atoms with Gasteiger partial charge in [0, 0.05) is 12.2 Å². The topological polar surface area (TPSA) is 54.9 Å². The van der Waals surface area contributed by atoms with Gasteiger partial charge >= 0.3 is 6.18 Å². The molecule has 1 heterocycles. The molecule has 0 saturated heterocycles. The molecule has 20 heavy (non-hydrogen) atoms. The SMILES string of the molecule is CSc1ncc(C(=O)C(F)(F)F)c(NC2CCCC2)n1. The number of hydrogen-bond donors (Lipinski definition) is 1. The highest BCUT2D eigenvalue weighted by Gasteiger charge is 2.41. The molecule has 1 aromatic heterocycles. The normalized spacial score (nSPS) is 16.4. The van der Waals surface area contributed by atoms with E-state index in [-0.39, 0.29) is 11.9 Å². The Morgan fingerprint density at radius 1 is 1.40 bits per heavy atom. The fourth-order valence-corrected chi connectivity index (χ4v) is 2.50. The molecule has 1 fully saturated rings. The highest BCUT2D eigenvalue weighted by atomic mass is 32.2. The van der Waals surface area contributed by atoms with Crippen molar-refractivity contribution in [3.8, 4) is 0 Å². The van der Waals surface area contributed by atoms with Gasteiger partial charge in [0.15, 0.2) is 5.16 Å². The molecular weight excluding hydrogens is 291 g/mol. The van der Waals surface area contributed by atoms with Crippen molar-refractivity contribution >= 4 is 23.4 Å². The molecule has 110 valence electrons. The molecule has 0 radical (unpaired) electrons. The number of Topliss-reactive ketones (excluding diaryl/α,β-unsaturated/α-hetero) is 1. The Kier molecular flexibility index (Phi) is 4.52. The Bertz CT molecular complexity index is 501. The molecule has 1 saturated carbocycles. The van der Waals surface area contributed by atoms with Gasteiger partial charge in [0.1, 0.15) is 5.82 Å². The first-order valence-corrected chi connectivity index (χ1v) is 7.43. The summed E-state index contributed by atoms with van der Waals surface area (Å²) in [7, 11) is 0. The molecule has 0 aromatic carbocycles. The Morgan fingerprint density at radius 2 is 2.05 bits per heavy atom. The summed E-state index contributed by atoms with van der Waals surface area (Å²) in [6.07, 6.45) is 1.56. The lowest BCUT2D eigenvalue weighted by Gasteiger charge is -2.16. The van der Waals surface area contributed by atoms with E-state index in [1.807, 2.05) is 0 Å². The first-order valence-electron chi connectivity index (χ1n) is 6.21. The van der Waals surface area contributed by atoms with Crippen LogP contribution in [0, 0.1) is 0 Å². The standard InChI is InChI=1S/C12H14F3N3OS/c1-20-11-16-6-8(9(19)12(13,14)15)10(18-11)17-7-4-2-3-5-7/h6-7H,2-5H2,1H3,(H,16,17,18). The molecule has 4 nitrogen and oxygen atoms in total. The number of anilines is 1. The average molecular weight is 305 g/mol. The minimum absolute atomic E-state index is 0.0152. The van der Waals surface area contributed by atoms with Crippen LogP contribution in [0.2, 0.25) is 0 Å². The zero-order chi connectivity index (χ0) is 14.8. The van der Waals surface area contributed by atoms with E-state index in [0.29, 0.717) is 5.16 Å². The number of hydrogen-bond acceptors (Lipinski definition) is 5. The first-order chi connectivity index (χ1) is 9.41. The number of rotatable bonds is 4. The van der Waals surface area contributed by atoms with E-state index < -0.39 is 17.5 Å². The molecule has 8 heteroatoms. The van der Waals surface area contributed by atoms with Crippen LogP contribution >= 0.6 is 11.8 Å². The summed E-state index contributed by atoms with van der Waals surface area (Å²) in [5, 5.41) is 3.29. The summed E-state index contributed by atoms with van der Waals surface area (Å²) in [5.74, 6) is -1.93. The fourth-order valence-electron chi connectivity index (χ4n) is 2.16. The quantitative estimate of drug-likeness (QED) is 0.525. The van der Waals surface area contributed by atoms with Crippen LogP contribution in [0.3, 0.4) is 0 Å². The molecule has 1 N–H and O–H groups in total. The number of nitrogens with one attached hydrogen (secondary N) is 1. The van der Waals surface area contributed by atoms with Gasteiger partial charge in [-0.25, -0.2) is 9.97 Å². The van der Waals surface area contributed by atoms with Gasteiger partial charge < -0.3 is 5.32 Å². The Morgan fingerprint density at radius 3 is 2.60 bits per heavy atom. The van der Waals surface area contributed by atoms with Crippen LogP contribution in [-0.4, -0.2) is 34.2 Å². The van der Waals surface area contributed by atoms with Crippen molar-refractivity contribution in [1.82, 2.24) is 9.97 Å². The molecule has 1 aromatic rings. The number of halogens is 3. The number of alkyl halides is 3.